The zero-order valence-corrected chi connectivity index (χ0v) is 15.4. The molecule has 0 unspecified atom stereocenters. The van der Waals surface area contributed by atoms with Gasteiger partial charge in [0.15, 0.2) is 11.3 Å². The first-order valence-corrected chi connectivity index (χ1v) is 8.65. The van der Waals surface area contributed by atoms with Crippen LogP contribution < -0.4 is 5.32 Å². The van der Waals surface area contributed by atoms with Gasteiger partial charge in [0.1, 0.15) is 0 Å². The van der Waals surface area contributed by atoms with Crippen molar-refractivity contribution in [3.8, 4) is 0 Å². The van der Waals surface area contributed by atoms with E-state index in [1.807, 2.05) is 6.92 Å². The van der Waals surface area contributed by atoms with Crippen LogP contribution in [0.1, 0.15) is 54.3 Å². The minimum Gasteiger partial charge on any atom is -0.344 e. The molecule has 1 amide bonds. The van der Waals surface area contributed by atoms with Gasteiger partial charge in [0.2, 0.25) is 0 Å². The Morgan fingerprint density at radius 3 is 2.50 bits per heavy atom. The molecular weight excluding hydrogens is 368 g/mol. The summed E-state index contributed by atoms with van der Waals surface area (Å²) in [6.45, 7) is 6.29. The van der Waals surface area contributed by atoms with E-state index < -0.39 is 0 Å². The molecule has 3 rings (SSSR count). The van der Waals surface area contributed by atoms with E-state index in [2.05, 4.69) is 69.4 Å². The van der Waals surface area contributed by atoms with Crippen LogP contribution in [0.5, 0.6) is 0 Å². The number of nitrogens with zero attached hydrogens (tertiary/aromatic N) is 3. The van der Waals surface area contributed by atoms with E-state index in [-0.39, 0.29) is 11.9 Å². The molecule has 0 saturated carbocycles. The van der Waals surface area contributed by atoms with Gasteiger partial charge in [-0.05, 0) is 39.9 Å². The summed E-state index contributed by atoms with van der Waals surface area (Å²) in [6, 6.07) is 9.91. The number of hydrogen-bond donors (Lipinski definition) is 1. The molecular formula is C18H19BrN4O. The number of amides is 1. The average molecular weight is 387 g/mol. The highest BCUT2D eigenvalue weighted by Crippen LogP contribution is 2.19. The van der Waals surface area contributed by atoms with Gasteiger partial charge in [-0.2, -0.15) is 5.10 Å². The molecule has 1 aromatic carbocycles. The fourth-order valence-corrected chi connectivity index (χ4v) is 2.78. The highest BCUT2D eigenvalue weighted by atomic mass is 79.9. The molecule has 124 valence electrons. The van der Waals surface area contributed by atoms with E-state index in [0.717, 1.165) is 10.0 Å². The molecule has 0 fully saturated rings. The van der Waals surface area contributed by atoms with Crippen molar-refractivity contribution < 1.29 is 4.79 Å². The third-order valence-electron chi connectivity index (χ3n) is 3.97. The summed E-state index contributed by atoms with van der Waals surface area (Å²) in [6.07, 6.45) is 3.45. The lowest BCUT2D eigenvalue weighted by Gasteiger charge is -2.14. The highest BCUT2D eigenvalue weighted by molar-refractivity contribution is 9.10. The zero-order valence-electron chi connectivity index (χ0n) is 13.8. The Labute approximate surface area is 149 Å². The van der Waals surface area contributed by atoms with Crippen molar-refractivity contribution in [2.24, 2.45) is 0 Å². The number of carbonyl (C=O) groups excluding carboxylic acids is 1. The predicted octanol–water partition coefficient (Wildman–Crippen LogP) is 4.11. The van der Waals surface area contributed by atoms with E-state index in [1.54, 1.807) is 23.0 Å². The molecule has 24 heavy (non-hydrogen) atoms. The lowest BCUT2D eigenvalue weighted by molar-refractivity contribution is 0.0934. The van der Waals surface area contributed by atoms with Crippen molar-refractivity contribution in [1.29, 1.82) is 0 Å². The van der Waals surface area contributed by atoms with Gasteiger partial charge < -0.3 is 5.32 Å². The third kappa shape index (κ3) is 3.48. The SMILES string of the molecule is CC(C)c1ccc([C@@H](C)NC(=O)c2cc3ncc(Br)cn3n2)cc1. The van der Waals surface area contributed by atoms with Crippen LogP contribution >= 0.6 is 15.9 Å². The Morgan fingerprint density at radius 1 is 1.17 bits per heavy atom. The number of nitrogens with one attached hydrogen (secondary N) is 1. The molecule has 2 aromatic heterocycles. The van der Waals surface area contributed by atoms with Crippen LogP contribution in [-0.4, -0.2) is 20.5 Å². The van der Waals surface area contributed by atoms with Gasteiger partial charge >= 0.3 is 0 Å². The van der Waals surface area contributed by atoms with Gasteiger partial charge in [-0.1, -0.05) is 38.1 Å². The summed E-state index contributed by atoms with van der Waals surface area (Å²) in [5, 5.41) is 7.25. The van der Waals surface area contributed by atoms with Gasteiger partial charge in [0.05, 0.1) is 10.5 Å². The van der Waals surface area contributed by atoms with Crippen molar-refractivity contribution in [3.63, 3.8) is 0 Å². The fourth-order valence-electron chi connectivity index (χ4n) is 2.49. The van der Waals surface area contributed by atoms with Gasteiger partial charge in [0, 0.05) is 18.5 Å². The van der Waals surface area contributed by atoms with Crippen LogP contribution in [0.4, 0.5) is 0 Å². The highest BCUT2D eigenvalue weighted by Gasteiger charge is 2.15. The Kier molecular flexibility index (Phi) is 4.66. The van der Waals surface area contributed by atoms with Gasteiger partial charge in [-0.25, -0.2) is 9.50 Å². The lowest BCUT2D eigenvalue weighted by atomic mass is 9.99. The molecule has 0 aliphatic carbocycles. The second-order valence-corrected chi connectivity index (χ2v) is 7.04. The Bertz CT molecular complexity index is 870. The molecule has 1 atom stereocenters. The number of benzene rings is 1. The zero-order chi connectivity index (χ0) is 17.3. The van der Waals surface area contributed by atoms with Crippen LogP contribution in [0, 0.1) is 0 Å². The monoisotopic (exact) mass is 386 g/mol. The second kappa shape index (κ2) is 6.73. The van der Waals surface area contributed by atoms with Crippen molar-refractivity contribution >= 4 is 27.5 Å². The second-order valence-electron chi connectivity index (χ2n) is 6.12. The maximum Gasteiger partial charge on any atom is 0.272 e. The molecule has 0 spiro atoms. The molecule has 0 aliphatic rings. The van der Waals surface area contributed by atoms with Crippen LogP contribution in [0.2, 0.25) is 0 Å². The van der Waals surface area contributed by atoms with Gasteiger partial charge in [0.25, 0.3) is 5.91 Å². The van der Waals surface area contributed by atoms with Crippen molar-refractivity contribution in [2.75, 3.05) is 0 Å². The molecule has 5 nitrogen and oxygen atoms in total. The summed E-state index contributed by atoms with van der Waals surface area (Å²) in [4.78, 5) is 16.7. The standard InChI is InChI=1S/C18H19BrN4O/c1-11(2)13-4-6-14(7-5-13)12(3)21-18(24)16-8-17-20-9-15(19)10-23(17)22-16/h4-12H,1-3H3,(H,21,24)/t12-/m1/s1. The Balaban J connectivity index is 1.75. The summed E-state index contributed by atoms with van der Waals surface area (Å²) in [7, 11) is 0. The van der Waals surface area contributed by atoms with Gasteiger partial charge in [-0.15, -0.1) is 0 Å². The third-order valence-corrected chi connectivity index (χ3v) is 4.37. The largest absolute Gasteiger partial charge is 0.344 e. The first-order valence-electron chi connectivity index (χ1n) is 7.85. The molecule has 1 N–H and O–H groups in total. The lowest BCUT2D eigenvalue weighted by Crippen LogP contribution is -2.27. The van der Waals surface area contributed by atoms with Crippen LogP contribution in [0.15, 0.2) is 47.2 Å². The number of carbonyl (C=O) groups is 1. The Morgan fingerprint density at radius 2 is 1.83 bits per heavy atom. The first-order chi connectivity index (χ1) is 11.4. The summed E-state index contributed by atoms with van der Waals surface area (Å²) in [5.41, 5.74) is 3.34. The molecule has 0 radical (unpaired) electrons. The van der Waals surface area contributed by atoms with E-state index in [4.69, 9.17) is 0 Å². The minimum absolute atomic E-state index is 0.0942. The normalized spacial score (nSPS) is 12.5. The Hall–Kier alpha value is -2.21. The van der Waals surface area contributed by atoms with E-state index in [0.29, 0.717) is 17.3 Å². The summed E-state index contributed by atoms with van der Waals surface area (Å²) < 4.78 is 2.39. The fraction of sp³-hybridized carbons (Fsp3) is 0.278. The van der Waals surface area contributed by atoms with Gasteiger partial charge in [-0.3, -0.25) is 4.79 Å². The number of halogens is 1. The number of aromatic nitrogens is 3. The van der Waals surface area contributed by atoms with E-state index in [1.165, 1.54) is 5.56 Å². The summed E-state index contributed by atoms with van der Waals surface area (Å²) in [5.74, 6) is 0.283. The van der Waals surface area contributed by atoms with Crippen LogP contribution in [0.25, 0.3) is 5.65 Å². The maximum atomic E-state index is 12.4. The smallest absolute Gasteiger partial charge is 0.272 e. The minimum atomic E-state index is -0.211. The number of rotatable bonds is 4. The number of hydrogen-bond acceptors (Lipinski definition) is 3. The van der Waals surface area contributed by atoms with E-state index in [9.17, 15) is 4.79 Å². The van der Waals surface area contributed by atoms with Crippen molar-refractivity contribution in [2.45, 2.75) is 32.7 Å². The average Bonchev–Trinajstić information content (AvgIpc) is 2.98. The molecule has 3 aromatic rings. The molecule has 0 aliphatic heterocycles. The summed E-state index contributed by atoms with van der Waals surface area (Å²) >= 11 is 3.34. The molecule has 6 heteroatoms. The predicted molar refractivity (Wildman–Crippen MR) is 97.1 cm³/mol. The first kappa shape index (κ1) is 16.6. The quantitative estimate of drug-likeness (QED) is 0.733. The molecule has 2 heterocycles. The molecule has 0 saturated heterocycles. The number of fused-ring (bicyclic) bond motifs is 1. The van der Waals surface area contributed by atoms with Crippen molar-refractivity contribution in [1.82, 2.24) is 19.9 Å². The molecule has 0 bridgehead atoms. The van der Waals surface area contributed by atoms with Crippen LogP contribution in [-0.2, 0) is 0 Å². The van der Waals surface area contributed by atoms with Crippen LogP contribution in [0.3, 0.4) is 0 Å². The topological polar surface area (TPSA) is 59.3 Å². The van der Waals surface area contributed by atoms with E-state index >= 15 is 0 Å². The van der Waals surface area contributed by atoms with Crippen molar-refractivity contribution in [3.05, 3.63) is 64.0 Å². The maximum absolute atomic E-state index is 12.4.